The molecular formula is C18H17ClF2N2O2. The summed E-state index contributed by atoms with van der Waals surface area (Å²) in [5.74, 6) is -1.52. The largest absolute Gasteiger partial charge is 0.354 e. The van der Waals surface area contributed by atoms with Crippen molar-refractivity contribution >= 4 is 29.1 Å². The second kappa shape index (κ2) is 8.58. The first-order valence-corrected chi connectivity index (χ1v) is 7.99. The third-order valence-electron chi connectivity index (χ3n) is 3.51. The van der Waals surface area contributed by atoms with Gasteiger partial charge in [-0.1, -0.05) is 23.7 Å². The van der Waals surface area contributed by atoms with Gasteiger partial charge in [0.15, 0.2) is 0 Å². The summed E-state index contributed by atoms with van der Waals surface area (Å²) < 4.78 is 26.3. The highest BCUT2D eigenvalue weighted by Crippen LogP contribution is 2.22. The molecule has 1 N–H and O–H groups in total. The van der Waals surface area contributed by atoms with Crippen LogP contribution in [0.15, 0.2) is 42.5 Å². The van der Waals surface area contributed by atoms with E-state index < -0.39 is 11.6 Å². The zero-order chi connectivity index (χ0) is 18.4. The summed E-state index contributed by atoms with van der Waals surface area (Å²) in [7, 11) is 0. The van der Waals surface area contributed by atoms with Gasteiger partial charge in [0, 0.05) is 25.7 Å². The van der Waals surface area contributed by atoms with Gasteiger partial charge in [0.05, 0.1) is 11.4 Å². The molecule has 0 saturated carbocycles. The van der Waals surface area contributed by atoms with Crippen molar-refractivity contribution in [2.75, 3.05) is 18.0 Å². The number of anilines is 1. The van der Waals surface area contributed by atoms with Gasteiger partial charge in [0.1, 0.15) is 11.6 Å². The number of benzene rings is 2. The highest BCUT2D eigenvalue weighted by atomic mass is 35.5. The van der Waals surface area contributed by atoms with Gasteiger partial charge in [-0.2, -0.15) is 0 Å². The third-order valence-corrected chi connectivity index (χ3v) is 3.80. The van der Waals surface area contributed by atoms with Gasteiger partial charge >= 0.3 is 0 Å². The number of halogens is 3. The van der Waals surface area contributed by atoms with Crippen LogP contribution in [0.3, 0.4) is 0 Å². The predicted octanol–water partition coefficient (Wildman–Crippen LogP) is 3.33. The zero-order valence-electron chi connectivity index (χ0n) is 13.6. The first kappa shape index (κ1) is 18.9. The number of rotatable bonds is 6. The summed E-state index contributed by atoms with van der Waals surface area (Å²) in [6.45, 7) is 1.76. The second-order valence-electron chi connectivity index (χ2n) is 5.43. The Kier molecular flexibility index (Phi) is 6.47. The molecule has 25 heavy (non-hydrogen) atoms. The number of amides is 2. The maximum Gasteiger partial charge on any atom is 0.224 e. The molecule has 4 nitrogen and oxygen atoms in total. The average molecular weight is 367 g/mol. The summed E-state index contributed by atoms with van der Waals surface area (Å²) in [5.41, 5.74) is 1.00. The van der Waals surface area contributed by atoms with Crippen molar-refractivity contribution in [3.63, 3.8) is 0 Å². The number of carbonyl (C=O) groups excluding carboxylic acids is 2. The van der Waals surface area contributed by atoms with Crippen LogP contribution in [0.4, 0.5) is 14.5 Å². The lowest BCUT2D eigenvalue weighted by atomic mass is 10.1. The smallest absolute Gasteiger partial charge is 0.224 e. The molecule has 2 amide bonds. The standard InChI is InChI=1S/C18H17ClF2N2O2/c1-12(24)23(15-5-6-17(21)16(19)11-15)8-7-22-18(25)10-13-3-2-4-14(20)9-13/h2-6,9,11H,7-8,10H2,1H3,(H,22,25). The van der Waals surface area contributed by atoms with Crippen LogP contribution in [0, 0.1) is 11.6 Å². The molecule has 0 radical (unpaired) electrons. The number of nitrogens with one attached hydrogen (secondary N) is 1. The maximum absolute atomic E-state index is 13.2. The Morgan fingerprint density at radius 3 is 2.56 bits per heavy atom. The van der Waals surface area contributed by atoms with E-state index in [1.54, 1.807) is 6.07 Å². The van der Waals surface area contributed by atoms with Crippen molar-refractivity contribution in [2.24, 2.45) is 0 Å². The Bertz CT molecular complexity index is 783. The normalized spacial score (nSPS) is 10.4. The molecule has 7 heteroatoms. The molecule has 0 saturated heterocycles. The predicted molar refractivity (Wildman–Crippen MR) is 92.6 cm³/mol. The summed E-state index contributed by atoms with van der Waals surface area (Å²) in [4.78, 5) is 25.1. The Morgan fingerprint density at radius 2 is 1.92 bits per heavy atom. The molecule has 0 heterocycles. The molecule has 0 unspecified atom stereocenters. The molecule has 0 bridgehead atoms. The minimum atomic E-state index is -0.572. The minimum Gasteiger partial charge on any atom is -0.354 e. The Morgan fingerprint density at radius 1 is 1.16 bits per heavy atom. The van der Waals surface area contributed by atoms with Crippen LogP contribution >= 0.6 is 11.6 Å². The van der Waals surface area contributed by atoms with E-state index in [0.717, 1.165) is 0 Å². The molecular weight excluding hydrogens is 350 g/mol. The summed E-state index contributed by atoms with van der Waals surface area (Å²) in [6.07, 6.45) is 0.0419. The summed E-state index contributed by atoms with van der Waals surface area (Å²) in [6, 6.07) is 9.76. The third kappa shape index (κ3) is 5.53. The topological polar surface area (TPSA) is 49.4 Å². The van der Waals surface area contributed by atoms with Crippen molar-refractivity contribution in [3.8, 4) is 0 Å². The van der Waals surface area contributed by atoms with Crippen molar-refractivity contribution in [1.29, 1.82) is 0 Å². The molecule has 0 atom stereocenters. The Balaban J connectivity index is 1.92. The van der Waals surface area contributed by atoms with Gasteiger partial charge < -0.3 is 10.2 Å². The number of carbonyl (C=O) groups is 2. The fraction of sp³-hybridized carbons (Fsp3) is 0.222. The van der Waals surface area contributed by atoms with Crippen LogP contribution in [0.2, 0.25) is 5.02 Å². The minimum absolute atomic E-state index is 0.0419. The lowest BCUT2D eigenvalue weighted by Gasteiger charge is -2.21. The van der Waals surface area contributed by atoms with E-state index in [-0.39, 0.29) is 36.3 Å². The van der Waals surface area contributed by atoms with Gasteiger partial charge in [0.25, 0.3) is 0 Å². The van der Waals surface area contributed by atoms with Crippen molar-refractivity contribution < 1.29 is 18.4 Å². The van der Waals surface area contributed by atoms with Crippen molar-refractivity contribution in [1.82, 2.24) is 5.32 Å². The zero-order valence-corrected chi connectivity index (χ0v) is 14.3. The quantitative estimate of drug-likeness (QED) is 0.852. The van der Waals surface area contributed by atoms with Gasteiger partial charge in [-0.25, -0.2) is 8.78 Å². The van der Waals surface area contributed by atoms with Gasteiger partial charge in [-0.15, -0.1) is 0 Å². The van der Waals surface area contributed by atoms with Gasteiger partial charge in [-0.3, -0.25) is 9.59 Å². The first-order valence-electron chi connectivity index (χ1n) is 7.61. The fourth-order valence-corrected chi connectivity index (χ4v) is 2.50. The maximum atomic E-state index is 13.2. The van der Waals surface area contributed by atoms with E-state index in [2.05, 4.69) is 5.32 Å². The molecule has 0 aliphatic rings. The second-order valence-corrected chi connectivity index (χ2v) is 5.83. The molecule has 0 aliphatic carbocycles. The highest BCUT2D eigenvalue weighted by molar-refractivity contribution is 6.31. The highest BCUT2D eigenvalue weighted by Gasteiger charge is 2.13. The SMILES string of the molecule is CC(=O)N(CCNC(=O)Cc1cccc(F)c1)c1ccc(F)c(Cl)c1. The number of hydrogen-bond acceptors (Lipinski definition) is 2. The fourth-order valence-electron chi connectivity index (χ4n) is 2.32. The first-order chi connectivity index (χ1) is 11.9. The molecule has 0 spiro atoms. The molecule has 0 fully saturated rings. The van der Waals surface area contributed by atoms with Gasteiger partial charge in [0.2, 0.25) is 11.8 Å². The molecule has 2 rings (SSSR count). The number of nitrogens with zero attached hydrogens (tertiary/aromatic N) is 1. The van der Waals surface area contributed by atoms with Gasteiger partial charge in [-0.05, 0) is 35.9 Å². The van der Waals surface area contributed by atoms with E-state index in [0.29, 0.717) is 11.3 Å². The molecule has 0 aliphatic heterocycles. The molecule has 2 aromatic rings. The van der Waals surface area contributed by atoms with Crippen LogP contribution in [-0.4, -0.2) is 24.9 Å². The van der Waals surface area contributed by atoms with Crippen LogP contribution in [0.5, 0.6) is 0 Å². The van der Waals surface area contributed by atoms with E-state index in [1.807, 2.05) is 0 Å². The van der Waals surface area contributed by atoms with E-state index >= 15 is 0 Å². The monoisotopic (exact) mass is 366 g/mol. The Hall–Kier alpha value is -2.47. The van der Waals surface area contributed by atoms with E-state index in [9.17, 15) is 18.4 Å². The van der Waals surface area contributed by atoms with Crippen molar-refractivity contribution in [2.45, 2.75) is 13.3 Å². The molecule has 132 valence electrons. The van der Waals surface area contributed by atoms with E-state index in [4.69, 9.17) is 11.6 Å². The summed E-state index contributed by atoms with van der Waals surface area (Å²) >= 11 is 5.74. The van der Waals surface area contributed by atoms with Crippen LogP contribution in [0.1, 0.15) is 12.5 Å². The molecule has 0 aromatic heterocycles. The summed E-state index contributed by atoms with van der Waals surface area (Å²) in [5, 5.41) is 2.59. The Labute approximate surface area is 149 Å². The lowest BCUT2D eigenvalue weighted by molar-refractivity contribution is -0.121. The van der Waals surface area contributed by atoms with Crippen LogP contribution in [0.25, 0.3) is 0 Å². The molecule has 2 aromatic carbocycles. The van der Waals surface area contributed by atoms with Crippen molar-refractivity contribution in [3.05, 3.63) is 64.7 Å². The average Bonchev–Trinajstić information content (AvgIpc) is 2.54. The van der Waals surface area contributed by atoms with Crippen LogP contribution < -0.4 is 10.2 Å². The van der Waals surface area contributed by atoms with E-state index in [1.165, 1.54) is 48.2 Å². The lowest BCUT2D eigenvalue weighted by Crippen LogP contribution is -2.38. The van der Waals surface area contributed by atoms with Crippen LogP contribution in [-0.2, 0) is 16.0 Å². The number of hydrogen-bond donors (Lipinski definition) is 1.